The summed E-state index contributed by atoms with van der Waals surface area (Å²) in [6.45, 7) is 3.37. The van der Waals surface area contributed by atoms with Gasteiger partial charge in [0.2, 0.25) is 5.91 Å². The van der Waals surface area contributed by atoms with Crippen molar-refractivity contribution in [3.63, 3.8) is 0 Å². The number of aromatic nitrogens is 2. The number of anilines is 1. The second-order valence-electron chi connectivity index (χ2n) is 4.89. The van der Waals surface area contributed by atoms with Gasteiger partial charge in [0.15, 0.2) is 11.6 Å². The van der Waals surface area contributed by atoms with E-state index in [1.54, 1.807) is 13.8 Å². The number of nitrogens with one attached hydrogen (secondary N) is 2. The van der Waals surface area contributed by atoms with Crippen molar-refractivity contribution in [1.82, 2.24) is 9.97 Å². The molecule has 0 aliphatic rings. The van der Waals surface area contributed by atoms with Crippen LogP contribution in [0.2, 0.25) is 0 Å². The van der Waals surface area contributed by atoms with Crippen LogP contribution in [-0.2, 0) is 11.2 Å². The third kappa shape index (κ3) is 3.75. The van der Waals surface area contributed by atoms with Gasteiger partial charge in [0.05, 0.1) is 0 Å². The molecule has 0 radical (unpaired) electrons. The number of benzene rings is 1. The number of carbonyl (C=O) groups is 1. The van der Waals surface area contributed by atoms with E-state index in [1.807, 2.05) is 0 Å². The summed E-state index contributed by atoms with van der Waals surface area (Å²) in [6.07, 6.45) is 0.248. The first-order chi connectivity index (χ1) is 10.4. The average molecular weight is 307 g/mol. The Kier molecular flexibility index (Phi) is 4.65. The highest BCUT2D eigenvalue weighted by Crippen LogP contribution is 2.13. The first-order valence-corrected chi connectivity index (χ1v) is 6.68. The van der Waals surface area contributed by atoms with Crippen LogP contribution in [0, 0.1) is 25.5 Å². The van der Waals surface area contributed by atoms with Gasteiger partial charge in [0, 0.05) is 29.4 Å². The lowest BCUT2D eigenvalue weighted by Crippen LogP contribution is -2.20. The van der Waals surface area contributed by atoms with Gasteiger partial charge in [-0.3, -0.25) is 9.59 Å². The second-order valence-corrected chi connectivity index (χ2v) is 4.89. The van der Waals surface area contributed by atoms with E-state index in [4.69, 9.17) is 0 Å². The molecule has 2 rings (SSSR count). The second kappa shape index (κ2) is 6.46. The molecule has 0 fully saturated rings. The molecule has 1 aromatic heterocycles. The van der Waals surface area contributed by atoms with Crippen molar-refractivity contribution >= 4 is 11.6 Å². The summed E-state index contributed by atoms with van der Waals surface area (Å²) in [5.41, 5.74) is 0.898. The van der Waals surface area contributed by atoms with E-state index in [0.29, 0.717) is 17.1 Å². The molecule has 1 aromatic carbocycles. The average Bonchev–Trinajstić information content (AvgIpc) is 2.41. The van der Waals surface area contributed by atoms with E-state index >= 15 is 0 Å². The van der Waals surface area contributed by atoms with Crippen molar-refractivity contribution in [1.29, 1.82) is 0 Å². The Labute approximate surface area is 125 Å². The topological polar surface area (TPSA) is 74.8 Å². The highest BCUT2D eigenvalue weighted by atomic mass is 19.2. The summed E-state index contributed by atoms with van der Waals surface area (Å²) in [4.78, 5) is 30.3. The first kappa shape index (κ1) is 15.8. The van der Waals surface area contributed by atoms with Gasteiger partial charge in [0.25, 0.3) is 5.56 Å². The molecule has 116 valence electrons. The Morgan fingerprint density at radius 3 is 2.64 bits per heavy atom. The molecule has 0 saturated heterocycles. The predicted molar refractivity (Wildman–Crippen MR) is 77.6 cm³/mol. The van der Waals surface area contributed by atoms with Crippen LogP contribution in [0.4, 0.5) is 14.5 Å². The number of halogens is 2. The van der Waals surface area contributed by atoms with E-state index in [0.717, 1.165) is 12.1 Å². The highest BCUT2D eigenvalue weighted by molar-refractivity contribution is 5.90. The normalized spacial score (nSPS) is 10.5. The number of aryl methyl sites for hydroxylation is 2. The number of rotatable bonds is 4. The zero-order chi connectivity index (χ0) is 16.3. The van der Waals surface area contributed by atoms with Crippen molar-refractivity contribution < 1.29 is 13.6 Å². The van der Waals surface area contributed by atoms with Crippen molar-refractivity contribution in [2.75, 3.05) is 5.32 Å². The Bertz CT molecular complexity index is 772. The molecule has 0 aliphatic heterocycles. The number of nitrogens with zero attached hydrogens (tertiary/aromatic N) is 1. The quantitative estimate of drug-likeness (QED) is 0.909. The Morgan fingerprint density at radius 1 is 1.27 bits per heavy atom. The van der Waals surface area contributed by atoms with Gasteiger partial charge in [-0.15, -0.1) is 0 Å². The molecule has 0 bridgehead atoms. The summed E-state index contributed by atoms with van der Waals surface area (Å²) in [5, 5.41) is 2.45. The Morgan fingerprint density at radius 2 is 2.00 bits per heavy atom. The third-order valence-corrected chi connectivity index (χ3v) is 3.15. The van der Waals surface area contributed by atoms with Gasteiger partial charge in [-0.1, -0.05) is 0 Å². The van der Waals surface area contributed by atoms with E-state index < -0.39 is 17.5 Å². The lowest BCUT2D eigenvalue weighted by atomic mass is 10.1. The summed E-state index contributed by atoms with van der Waals surface area (Å²) < 4.78 is 25.8. The van der Waals surface area contributed by atoms with Crippen molar-refractivity contribution in [2.45, 2.75) is 26.7 Å². The molecule has 22 heavy (non-hydrogen) atoms. The van der Waals surface area contributed by atoms with Crippen LogP contribution in [0.1, 0.15) is 23.5 Å². The highest BCUT2D eigenvalue weighted by Gasteiger charge is 2.10. The largest absolute Gasteiger partial charge is 0.326 e. The number of carbonyl (C=O) groups excluding carboxylic acids is 1. The van der Waals surface area contributed by atoms with Crippen LogP contribution < -0.4 is 10.9 Å². The maximum Gasteiger partial charge on any atom is 0.254 e. The smallest absolute Gasteiger partial charge is 0.254 e. The molecule has 2 aromatic rings. The molecular weight excluding hydrogens is 292 g/mol. The van der Waals surface area contributed by atoms with Crippen LogP contribution in [-0.4, -0.2) is 15.9 Å². The number of amides is 1. The van der Waals surface area contributed by atoms with Gasteiger partial charge in [0.1, 0.15) is 5.82 Å². The molecule has 0 spiro atoms. The first-order valence-electron chi connectivity index (χ1n) is 6.68. The Balaban J connectivity index is 2.01. The van der Waals surface area contributed by atoms with E-state index in [2.05, 4.69) is 15.3 Å². The summed E-state index contributed by atoms with van der Waals surface area (Å²) in [5.74, 6) is -1.90. The lowest BCUT2D eigenvalue weighted by molar-refractivity contribution is -0.116. The molecule has 1 heterocycles. The van der Waals surface area contributed by atoms with Gasteiger partial charge >= 0.3 is 0 Å². The molecule has 2 N–H and O–H groups in total. The van der Waals surface area contributed by atoms with Gasteiger partial charge in [-0.25, -0.2) is 13.8 Å². The maximum atomic E-state index is 13.0. The molecule has 0 saturated carbocycles. The molecule has 1 amide bonds. The maximum absolute atomic E-state index is 13.0. The summed E-state index contributed by atoms with van der Waals surface area (Å²) in [7, 11) is 0. The van der Waals surface area contributed by atoms with Crippen LogP contribution in [0.5, 0.6) is 0 Å². The lowest BCUT2D eigenvalue weighted by Gasteiger charge is -2.07. The van der Waals surface area contributed by atoms with Gasteiger partial charge in [-0.2, -0.15) is 0 Å². The zero-order valence-electron chi connectivity index (χ0n) is 12.2. The predicted octanol–water partition coefficient (Wildman–Crippen LogP) is 2.24. The molecule has 5 nitrogen and oxygen atoms in total. The molecule has 0 unspecified atom stereocenters. The summed E-state index contributed by atoms with van der Waals surface area (Å²) >= 11 is 0. The van der Waals surface area contributed by atoms with E-state index in [9.17, 15) is 18.4 Å². The minimum Gasteiger partial charge on any atom is -0.326 e. The minimum absolute atomic E-state index is 0.0354. The SMILES string of the molecule is Cc1nc(C)c(CCC(=O)Nc2ccc(F)c(F)c2)c(=O)[nH]1. The van der Waals surface area contributed by atoms with Crippen molar-refractivity contribution in [2.24, 2.45) is 0 Å². The van der Waals surface area contributed by atoms with E-state index in [-0.39, 0.29) is 24.1 Å². The van der Waals surface area contributed by atoms with Gasteiger partial charge in [-0.05, 0) is 32.4 Å². The van der Waals surface area contributed by atoms with Crippen molar-refractivity contribution in [3.05, 3.63) is 57.3 Å². The molecule has 0 atom stereocenters. The standard InChI is InChI=1S/C15H15F2N3O2/c1-8-11(15(22)19-9(2)18-8)4-6-14(21)20-10-3-5-12(16)13(17)7-10/h3,5,7H,4,6H2,1-2H3,(H,20,21)(H,18,19,22). The Hall–Kier alpha value is -2.57. The third-order valence-electron chi connectivity index (χ3n) is 3.15. The number of hydrogen-bond donors (Lipinski definition) is 2. The fraction of sp³-hybridized carbons (Fsp3) is 0.267. The van der Waals surface area contributed by atoms with Crippen LogP contribution in [0.3, 0.4) is 0 Å². The van der Waals surface area contributed by atoms with E-state index in [1.165, 1.54) is 6.07 Å². The van der Waals surface area contributed by atoms with Crippen LogP contribution >= 0.6 is 0 Å². The number of hydrogen-bond acceptors (Lipinski definition) is 3. The fourth-order valence-electron chi connectivity index (χ4n) is 2.08. The number of H-pyrrole nitrogens is 1. The van der Waals surface area contributed by atoms with Gasteiger partial charge < -0.3 is 10.3 Å². The zero-order valence-corrected chi connectivity index (χ0v) is 12.2. The minimum atomic E-state index is -1.03. The summed E-state index contributed by atoms with van der Waals surface area (Å²) in [6, 6.07) is 3.10. The fourth-order valence-corrected chi connectivity index (χ4v) is 2.08. The van der Waals surface area contributed by atoms with Crippen LogP contribution in [0.15, 0.2) is 23.0 Å². The molecule has 7 heteroatoms. The molecule has 0 aliphatic carbocycles. The number of aromatic amines is 1. The molecular formula is C15H15F2N3O2. The van der Waals surface area contributed by atoms with Crippen molar-refractivity contribution in [3.8, 4) is 0 Å². The van der Waals surface area contributed by atoms with Crippen LogP contribution in [0.25, 0.3) is 0 Å². The monoisotopic (exact) mass is 307 g/mol.